The van der Waals surface area contributed by atoms with Crippen molar-refractivity contribution in [1.29, 1.82) is 0 Å². The van der Waals surface area contributed by atoms with Crippen molar-refractivity contribution in [3.8, 4) is 0 Å². The molecule has 0 aliphatic carbocycles. The molecule has 1 aliphatic heterocycles. The smallest absolute Gasteiger partial charge is 0.338 e. The molecule has 2 N–H and O–H groups in total. The number of aryl methyl sites for hydroxylation is 1. The molecule has 4 rings (SSSR count). The highest BCUT2D eigenvalue weighted by atomic mass is 35.5. The number of hydrogen-bond donors (Lipinski definition) is 1. The minimum Gasteiger partial charge on any atom is -0.383 e. The van der Waals surface area contributed by atoms with E-state index in [1.165, 1.54) is 0 Å². The van der Waals surface area contributed by atoms with Crippen LogP contribution >= 0.6 is 11.6 Å². The minimum atomic E-state index is 0.471. The Balaban J connectivity index is 1.92. The van der Waals surface area contributed by atoms with Gasteiger partial charge in [-0.15, -0.1) is 0 Å². The van der Waals surface area contributed by atoms with E-state index in [0.717, 1.165) is 47.9 Å². The van der Waals surface area contributed by atoms with Gasteiger partial charge in [-0.05, 0) is 19.2 Å². The summed E-state index contributed by atoms with van der Waals surface area (Å²) in [6.45, 7) is 3.66. The zero-order valence-electron chi connectivity index (χ0n) is 14.4. The van der Waals surface area contributed by atoms with Crippen molar-refractivity contribution in [2.45, 2.75) is 0 Å². The number of aromatic nitrogens is 4. The van der Waals surface area contributed by atoms with Crippen LogP contribution in [-0.4, -0.2) is 57.9 Å². The van der Waals surface area contributed by atoms with Crippen LogP contribution in [-0.2, 0) is 7.05 Å². The zero-order chi connectivity index (χ0) is 17.6. The van der Waals surface area contributed by atoms with Crippen molar-refractivity contribution in [3.05, 3.63) is 35.5 Å². The molecule has 0 atom stereocenters. The summed E-state index contributed by atoms with van der Waals surface area (Å²) in [7, 11) is 4.00. The Morgan fingerprint density at radius 2 is 1.76 bits per heavy atom. The second-order valence-electron chi connectivity index (χ2n) is 6.61. The van der Waals surface area contributed by atoms with Crippen LogP contribution in [0.15, 0.2) is 30.5 Å². The van der Waals surface area contributed by atoms with Crippen molar-refractivity contribution in [1.82, 2.24) is 29.1 Å². The van der Waals surface area contributed by atoms with Crippen LogP contribution in [0.25, 0.3) is 11.0 Å². The van der Waals surface area contributed by atoms with E-state index >= 15 is 0 Å². The molecule has 3 heterocycles. The van der Waals surface area contributed by atoms with Gasteiger partial charge in [0.25, 0.3) is 0 Å². The molecule has 1 fully saturated rings. The molecule has 0 amide bonds. The Morgan fingerprint density at radius 3 is 2.44 bits per heavy atom. The van der Waals surface area contributed by atoms with Crippen molar-refractivity contribution in [3.63, 3.8) is 0 Å². The SMILES string of the molecule is CN1CC[N+](c2ccc(Cl)cc2)(c2nc(N)c3cnn(C)c3n2)CC1. The summed E-state index contributed by atoms with van der Waals surface area (Å²) in [5, 5.41) is 5.77. The normalized spacial score (nSPS) is 17.9. The number of nitrogens with two attached hydrogens (primary N) is 1. The molecule has 1 aromatic carbocycles. The molecule has 8 heteroatoms. The first kappa shape index (κ1) is 16.3. The third kappa shape index (κ3) is 2.64. The lowest BCUT2D eigenvalue weighted by Gasteiger charge is -2.41. The van der Waals surface area contributed by atoms with Gasteiger partial charge in [0.15, 0.2) is 5.65 Å². The first-order valence-corrected chi connectivity index (χ1v) is 8.65. The summed E-state index contributed by atoms with van der Waals surface area (Å²) in [5.74, 6) is 1.18. The molecule has 7 nitrogen and oxygen atoms in total. The van der Waals surface area contributed by atoms with Gasteiger partial charge < -0.3 is 5.73 Å². The third-order valence-corrected chi connectivity index (χ3v) is 5.29. The van der Waals surface area contributed by atoms with Crippen LogP contribution in [0.2, 0.25) is 5.02 Å². The van der Waals surface area contributed by atoms with Gasteiger partial charge in [-0.1, -0.05) is 11.6 Å². The van der Waals surface area contributed by atoms with E-state index in [0.29, 0.717) is 16.2 Å². The van der Waals surface area contributed by atoms with E-state index in [1.54, 1.807) is 10.9 Å². The lowest BCUT2D eigenvalue weighted by molar-refractivity contribution is 0.198. The Morgan fingerprint density at radius 1 is 1.08 bits per heavy atom. The van der Waals surface area contributed by atoms with E-state index < -0.39 is 0 Å². The predicted molar refractivity (Wildman–Crippen MR) is 101 cm³/mol. The van der Waals surface area contributed by atoms with Crippen LogP contribution < -0.4 is 10.2 Å². The van der Waals surface area contributed by atoms with Crippen molar-refractivity contribution < 1.29 is 0 Å². The van der Waals surface area contributed by atoms with Gasteiger partial charge in [0.2, 0.25) is 0 Å². The van der Waals surface area contributed by atoms with Crippen LogP contribution in [0.4, 0.5) is 17.5 Å². The molecular formula is C17H21ClN7+. The zero-order valence-corrected chi connectivity index (χ0v) is 15.1. The maximum absolute atomic E-state index is 6.22. The number of nitrogens with zero attached hydrogens (tertiary/aromatic N) is 6. The predicted octanol–water partition coefficient (Wildman–Crippen LogP) is 2.18. The average Bonchev–Trinajstić information content (AvgIpc) is 2.98. The number of rotatable bonds is 2. The summed E-state index contributed by atoms with van der Waals surface area (Å²) in [6, 6.07) is 7.95. The number of benzene rings is 1. The Hall–Kier alpha value is -2.22. The van der Waals surface area contributed by atoms with Gasteiger partial charge in [0.1, 0.15) is 24.6 Å². The lowest BCUT2D eigenvalue weighted by atomic mass is 10.2. The molecule has 0 bridgehead atoms. The van der Waals surface area contributed by atoms with E-state index in [1.807, 2.05) is 19.2 Å². The van der Waals surface area contributed by atoms with Crippen molar-refractivity contribution in [2.75, 3.05) is 39.0 Å². The van der Waals surface area contributed by atoms with Gasteiger partial charge >= 0.3 is 5.95 Å². The Labute approximate surface area is 151 Å². The number of nitrogen functional groups attached to an aromatic ring is 1. The number of quaternary nitrogens is 1. The number of piperazine rings is 1. The van der Waals surface area contributed by atoms with Crippen LogP contribution in [0.1, 0.15) is 0 Å². The molecule has 1 aliphatic rings. The fourth-order valence-corrected chi connectivity index (χ4v) is 3.56. The van der Waals surface area contributed by atoms with Crippen LogP contribution in [0.3, 0.4) is 0 Å². The standard InChI is InChI=1S/C17H21ClN7/c1-23-7-9-25(10-8-23,13-5-3-12(18)4-6-13)17-21-15(19)14-11-20-24(2)16(14)22-17/h3-6,11H,7-10H2,1-2H3,(H2,19,21,22)/q+1. The van der Waals surface area contributed by atoms with Gasteiger partial charge in [0, 0.05) is 37.3 Å². The molecule has 1 saturated heterocycles. The monoisotopic (exact) mass is 358 g/mol. The summed E-state index contributed by atoms with van der Waals surface area (Å²) in [5.41, 5.74) is 8.10. The lowest BCUT2D eigenvalue weighted by Crippen LogP contribution is -2.57. The number of fused-ring (bicyclic) bond motifs is 1. The Kier molecular flexibility index (Phi) is 3.87. The highest BCUT2D eigenvalue weighted by Crippen LogP contribution is 2.36. The number of anilines is 1. The molecule has 130 valence electrons. The molecule has 0 radical (unpaired) electrons. The summed E-state index contributed by atoms with van der Waals surface area (Å²) in [6.07, 6.45) is 1.71. The maximum Gasteiger partial charge on any atom is 0.338 e. The number of likely N-dealkylation sites (N-methyl/N-ethyl adjacent to an activating group) is 1. The molecule has 0 unspecified atom stereocenters. The number of halogens is 1. The van der Waals surface area contributed by atoms with E-state index in [2.05, 4.69) is 34.2 Å². The van der Waals surface area contributed by atoms with Gasteiger partial charge in [-0.25, -0.2) is 4.48 Å². The molecule has 0 spiro atoms. The first-order valence-electron chi connectivity index (χ1n) is 8.27. The van der Waals surface area contributed by atoms with Crippen LogP contribution in [0, 0.1) is 0 Å². The van der Waals surface area contributed by atoms with Gasteiger partial charge in [-0.3, -0.25) is 9.58 Å². The average molecular weight is 359 g/mol. The Bertz CT molecular complexity index is 911. The van der Waals surface area contributed by atoms with E-state index in [9.17, 15) is 0 Å². The topological polar surface area (TPSA) is 72.9 Å². The summed E-state index contributed by atoms with van der Waals surface area (Å²) >= 11 is 6.10. The summed E-state index contributed by atoms with van der Waals surface area (Å²) in [4.78, 5) is 11.8. The quantitative estimate of drug-likeness (QED) is 0.711. The van der Waals surface area contributed by atoms with Gasteiger partial charge in [0.05, 0.1) is 11.6 Å². The molecule has 25 heavy (non-hydrogen) atoms. The molecule has 2 aromatic heterocycles. The molecular weight excluding hydrogens is 338 g/mol. The minimum absolute atomic E-state index is 0.471. The highest BCUT2D eigenvalue weighted by Gasteiger charge is 2.40. The van der Waals surface area contributed by atoms with Crippen LogP contribution in [0.5, 0.6) is 0 Å². The van der Waals surface area contributed by atoms with Gasteiger partial charge in [-0.2, -0.15) is 15.1 Å². The maximum atomic E-state index is 6.22. The first-order chi connectivity index (χ1) is 12.0. The van der Waals surface area contributed by atoms with Crippen molar-refractivity contribution in [2.24, 2.45) is 7.05 Å². The molecule has 0 saturated carbocycles. The largest absolute Gasteiger partial charge is 0.383 e. The fraction of sp³-hybridized carbons (Fsp3) is 0.353. The molecule has 3 aromatic rings. The van der Waals surface area contributed by atoms with Crippen molar-refractivity contribution >= 4 is 40.1 Å². The summed E-state index contributed by atoms with van der Waals surface area (Å²) < 4.78 is 2.30. The van der Waals surface area contributed by atoms with E-state index in [-0.39, 0.29) is 0 Å². The van der Waals surface area contributed by atoms with E-state index in [4.69, 9.17) is 22.3 Å². The fourth-order valence-electron chi connectivity index (χ4n) is 3.43. The second-order valence-corrected chi connectivity index (χ2v) is 7.05. The second kappa shape index (κ2) is 5.94. The highest BCUT2D eigenvalue weighted by molar-refractivity contribution is 6.30. The third-order valence-electron chi connectivity index (χ3n) is 5.04. The number of hydrogen-bond acceptors (Lipinski definition) is 5.